The highest BCUT2D eigenvalue weighted by Gasteiger charge is 2.25. The summed E-state index contributed by atoms with van der Waals surface area (Å²) < 4.78 is 5.40. The van der Waals surface area contributed by atoms with Crippen molar-refractivity contribution in [3.63, 3.8) is 0 Å². The highest BCUT2D eigenvalue weighted by molar-refractivity contribution is 5.77. The Labute approximate surface area is 133 Å². The monoisotopic (exact) mass is 304 g/mol. The maximum atomic E-state index is 12.3. The minimum Gasteiger partial charge on any atom is -0.496 e. The Hall–Kier alpha value is -1.55. The lowest BCUT2D eigenvalue weighted by Gasteiger charge is -2.28. The zero-order chi connectivity index (χ0) is 16.1. The molecule has 1 aliphatic rings. The Bertz CT molecular complexity index is 516. The van der Waals surface area contributed by atoms with E-state index in [1.807, 2.05) is 26.0 Å². The van der Waals surface area contributed by atoms with Gasteiger partial charge in [-0.05, 0) is 38.7 Å². The second kappa shape index (κ2) is 7.63. The second-order valence-corrected chi connectivity index (χ2v) is 6.45. The number of ether oxygens (including phenoxy) is 1. The van der Waals surface area contributed by atoms with Crippen molar-refractivity contribution in [2.24, 2.45) is 11.7 Å². The molecule has 1 aromatic rings. The summed E-state index contributed by atoms with van der Waals surface area (Å²) in [6.45, 7) is 4.04. The molecule has 3 unspecified atom stereocenters. The zero-order valence-corrected chi connectivity index (χ0v) is 13.9. The van der Waals surface area contributed by atoms with Crippen LogP contribution in [0.2, 0.25) is 0 Å². The van der Waals surface area contributed by atoms with Gasteiger partial charge in [-0.1, -0.05) is 30.5 Å². The van der Waals surface area contributed by atoms with E-state index in [1.165, 1.54) is 12.8 Å². The predicted octanol–water partition coefficient (Wildman–Crippen LogP) is 3.09. The lowest BCUT2D eigenvalue weighted by molar-refractivity contribution is -0.123. The fraction of sp³-hybridized carbons (Fsp3) is 0.611. The highest BCUT2D eigenvalue weighted by Crippen LogP contribution is 2.28. The average molecular weight is 304 g/mol. The summed E-state index contributed by atoms with van der Waals surface area (Å²) in [4.78, 5) is 12.3. The molecule has 0 heterocycles. The molecule has 0 radical (unpaired) electrons. The molecule has 0 saturated heterocycles. The van der Waals surface area contributed by atoms with E-state index >= 15 is 0 Å². The first kappa shape index (κ1) is 16.8. The van der Waals surface area contributed by atoms with Crippen LogP contribution < -0.4 is 15.8 Å². The normalized spacial score (nSPS) is 22.9. The van der Waals surface area contributed by atoms with Gasteiger partial charge in [0.15, 0.2) is 0 Å². The van der Waals surface area contributed by atoms with Crippen LogP contribution in [0.3, 0.4) is 0 Å². The van der Waals surface area contributed by atoms with Crippen LogP contribution in [0.5, 0.6) is 5.75 Å². The molecule has 3 N–H and O–H groups in total. The van der Waals surface area contributed by atoms with Crippen LogP contribution in [-0.4, -0.2) is 19.1 Å². The fourth-order valence-corrected chi connectivity index (χ4v) is 3.30. The van der Waals surface area contributed by atoms with Gasteiger partial charge in [0.25, 0.3) is 0 Å². The van der Waals surface area contributed by atoms with Gasteiger partial charge < -0.3 is 15.8 Å². The summed E-state index contributed by atoms with van der Waals surface area (Å²) in [5.74, 6) is 1.21. The molecule has 1 fully saturated rings. The first-order chi connectivity index (χ1) is 10.5. The lowest BCUT2D eigenvalue weighted by Crippen LogP contribution is -2.37. The third-order valence-electron chi connectivity index (χ3n) is 4.64. The molecule has 4 nitrogen and oxygen atoms in total. The van der Waals surface area contributed by atoms with E-state index in [0.29, 0.717) is 12.3 Å². The Morgan fingerprint density at radius 3 is 2.82 bits per heavy atom. The van der Waals surface area contributed by atoms with Gasteiger partial charge in [0.2, 0.25) is 5.91 Å². The number of benzene rings is 1. The number of hydrogen-bond donors (Lipinski definition) is 2. The average Bonchev–Trinajstić information content (AvgIpc) is 2.49. The van der Waals surface area contributed by atoms with Crippen LogP contribution in [0.15, 0.2) is 18.2 Å². The summed E-state index contributed by atoms with van der Waals surface area (Å²) in [6.07, 6.45) is 5.01. The summed E-state index contributed by atoms with van der Waals surface area (Å²) in [6, 6.07) is 6.13. The quantitative estimate of drug-likeness (QED) is 0.878. The minimum absolute atomic E-state index is 0.0674. The van der Waals surface area contributed by atoms with Gasteiger partial charge in [-0.15, -0.1) is 0 Å². The molecule has 1 amide bonds. The van der Waals surface area contributed by atoms with E-state index in [1.54, 1.807) is 7.11 Å². The Balaban J connectivity index is 1.97. The first-order valence-electron chi connectivity index (χ1n) is 8.20. The summed E-state index contributed by atoms with van der Waals surface area (Å²) in [7, 11) is 1.66. The van der Waals surface area contributed by atoms with Gasteiger partial charge in [-0.25, -0.2) is 0 Å². The number of nitrogens with one attached hydrogen (secondary N) is 1. The molecule has 22 heavy (non-hydrogen) atoms. The van der Waals surface area contributed by atoms with Crippen molar-refractivity contribution in [2.75, 3.05) is 7.11 Å². The van der Waals surface area contributed by atoms with Crippen molar-refractivity contribution >= 4 is 5.91 Å². The molecule has 2 rings (SSSR count). The molecule has 0 spiro atoms. The second-order valence-electron chi connectivity index (χ2n) is 6.45. The van der Waals surface area contributed by atoms with E-state index < -0.39 is 0 Å². The van der Waals surface area contributed by atoms with E-state index in [0.717, 1.165) is 29.7 Å². The predicted molar refractivity (Wildman–Crippen MR) is 88.8 cm³/mol. The molecule has 1 aliphatic carbocycles. The van der Waals surface area contributed by atoms with Gasteiger partial charge in [0, 0.05) is 18.0 Å². The van der Waals surface area contributed by atoms with Gasteiger partial charge >= 0.3 is 0 Å². The molecule has 3 atom stereocenters. The number of hydrogen-bond acceptors (Lipinski definition) is 3. The van der Waals surface area contributed by atoms with Crippen molar-refractivity contribution in [2.45, 2.75) is 58.0 Å². The SMILES string of the molecule is COc1ccc(C)cc1C(C)NC(=O)CC1CCCCC1N. The van der Waals surface area contributed by atoms with Gasteiger partial charge in [0.1, 0.15) is 5.75 Å². The summed E-state index contributed by atoms with van der Waals surface area (Å²) in [5.41, 5.74) is 8.31. The van der Waals surface area contributed by atoms with Crippen molar-refractivity contribution in [3.05, 3.63) is 29.3 Å². The molecule has 1 saturated carbocycles. The van der Waals surface area contributed by atoms with Crippen LogP contribution in [0.25, 0.3) is 0 Å². The third-order valence-corrected chi connectivity index (χ3v) is 4.64. The molecule has 122 valence electrons. The number of rotatable bonds is 5. The molecule has 0 aromatic heterocycles. The summed E-state index contributed by atoms with van der Waals surface area (Å²) in [5, 5.41) is 3.09. The number of nitrogens with two attached hydrogens (primary N) is 1. The zero-order valence-electron chi connectivity index (χ0n) is 13.9. The topological polar surface area (TPSA) is 64.3 Å². The standard InChI is InChI=1S/C18H28N2O2/c1-12-8-9-17(22-3)15(10-12)13(2)20-18(21)11-14-6-4-5-7-16(14)19/h8-10,13-14,16H,4-7,11,19H2,1-3H3,(H,20,21). The van der Waals surface area contributed by atoms with Crippen molar-refractivity contribution in [1.29, 1.82) is 0 Å². The van der Waals surface area contributed by atoms with Crippen LogP contribution in [0, 0.1) is 12.8 Å². The van der Waals surface area contributed by atoms with Crippen LogP contribution in [-0.2, 0) is 4.79 Å². The van der Waals surface area contributed by atoms with Gasteiger partial charge in [-0.2, -0.15) is 0 Å². The molecule has 1 aromatic carbocycles. The Kier molecular flexibility index (Phi) is 5.83. The number of carbonyl (C=O) groups is 1. The van der Waals surface area contributed by atoms with Crippen molar-refractivity contribution in [1.82, 2.24) is 5.32 Å². The van der Waals surface area contributed by atoms with Crippen molar-refractivity contribution < 1.29 is 9.53 Å². The molecule has 0 aliphatic heterocycles. The van der Waals surface area contributed by atoms with Crippen LogP contribution in [0.1, 0.15) is 56.2 Å². The van der Waals surface area contributed by atoms with Gasteiger partial charge in [-0.3, -0.25) is 4.79 Å². The van der Waals surface area contributed by atoms with E-state index in [2.05, 4.69) is 11.4 Å². The van der Waals surface area contributed by atoms with E-state index in [9.17, 15) is 4.79 Å². The maximum Gasteiger partial charge on any atom is 0.220 e. The molecular formula is C18H28N2O2. The van der Waals surface area contributed by atoms with Crippen molar-refractivity contribution in [3.8, 4) is 5.75 Å². The number of carbonyl (C=O) groups excluding carboxylic acids is 1. The first-order valence-corrected chi connectivity index (χ1v) is 8.20. The third kappa shape index (κ3) is 4.23. The summed E-state index contributed by atoms with van der Waals surface area (Å²) >= 11 is 0. The maximum absolute atomic E-state index is 12.3. The van der Waals surface area contributed by atoms with Crippen LogP contribution >= 0.6 is 0 Å². The largest absolute Gasteiger partial charge is 0.496 e. The Morgan fingerprint density at radius 1 is 1.41 bits per heavy atom. The highest BCUT2D eigenvalue weighted by atomic mass is 16.5. The molecular weight excluding hydrogens is 276 g/mol. The molecule has 0 bridgehead atoms. The number of amides is 1. The smallest absolute Gasteiger partial charge is 0.220 e. The van der Waals surface area contributed by atoms with E-state index in [-0.39, 0.29) is 18.0 Å². The molecule has 4 heteroatoms. The number of methoxy groups -OCH3 is 1. The number of aryl methyl sites for hydroxylation is 1. The minimum atomic E-state index is -0.0674. The van der Waals surface area contributed by atoms with Crippen LogP contribution in [0.4, 0.5) is 0 Å². The lowest BCUT2D eigenvalue weighted by atomic mass is 9.83. The fourth-order valence-electron chi connectivity index (χ4n) is 3.30. The Morgan fingerprint density at radius 2 is 2.14 bits per heavy atom. The van der Waals surface area contributed by atoms with Gasteiger partial charge in [0.05, 0.1) is 13.2 Å². The van der Waals surface area contributed by atoms with E-state index in [4.69, 9.17) is 10.5 Å².